The molecule has 7 nitrogen and oxygen atoms in total. The quantitative estimate of drug-likeness (QED) is 0.597. The molecule has 0 aromatic heterocycles. The lowest BCUT2D eigenvalue weighted by molar-refractivity contribution is -0.385. The number of nitrogens with one attached hydrogen (secondary N) is 1. The number of amides is 3. The van der Waals surface area contributed by atoms with Gasteiger partial charge in [-0.1, -0.05) is 17.7 Å². The van der Waals surface area contributed by atoms with Gasteiger partial charge in [0.2, 0.25) is 0 Å². The first-order valence-corrected chi connectivity index (χ1v) is 4.35. The van der Waals surface area contributed by atoms with Gasteiger partial charge >= 0.3 is 6.03 Å². The van der Waals surface area contributed by atoms with Crippen LogP contribution in [0.5, 0.6) is 0 Å². The molecule has 0 spiro atoms. The van der Waals surface area contributed by atoms with Crippen LogP contribution in [-0.2, 0) is 0 Å². The first-order valence-electron chi connectivity index (χ1n) is 3.97. The molecule has 1 aromatic rings. The topological polar surface area (TPSA) is 115 Å². The molecule has 0 unspecified atom stereocenters. The smallest absolute Gasteiger partial charge is 0.319 e. The second-order valence-corrected chi connectivity index (χ2v) is 3.12. The molecule has 8 heteroatoms. The molecule has 16 heavy (non-hydrogen) atoms. The molecule has 3 amide bonds. The third-order valence-electron chi connectivity index (χ3n) is 1.65. The molecular weight excluding hydrogens is 238 g/mol. The minimum absolute atomic E-state index is 0.132. The van der Waals surface area contributed by atoms with Crippen molar-refractivity contribution in [2.45, 2.75) is 0 Å². The highest BCUT2D eigenvalue weighted by Gasteiger charge is 2.23. The summed E-state index contributed by atoms with van der Waals surface area (Å²) in [6.07, 6.45) is 0. The van der Waals surface area contributed by atoms with Crippen LogP contribution < -0.4 is 11.1 Å². The molecular formula is C8H6ClN3O4. The number of nitro groups is 1. The number of primary amides is 1. The number of urea groups is 1. The number of nitrogens with two attached hydrogens (primary N) is 1. The number of nitro benzene ring substituents is 1. The predicted octanol–water partition coefficient (Wildman–Crippen LogP) is 1.06. The Morgan fingerprint density at radius 2 is 2.06 bits per heavy atom. The van der Waals surface area contributed by atoms with Gasteiger partial charge in [-0.25, -0.2) is 4.79 Å². The van der Waals surface area contributed by atoms with Crippen LogP contribution >= 0.6 is 11.6 Å². The predicted molar refractivity (Wildman–Crippen MR) is 55.2 cm³/mol. The zero-order valence-electron chi connectivity index (χ0n) is 7.77. The summed E-state index contributed by atoms with van der Waals surface area (Å²) < 4.78 is 0. The van der Waals surface area contributed by atoms with E-state index in [0.717, 1.165) is 6.07 Å². The standard InChI is InChI=1S/C8H6ClN3O4/c9-4-2-1-3-5(12(15)16)6(4)7(13)11-8(10)14/h1-3H,(H3,10,11,13,14). The first-order chi connectivity index (χ1) is 7.43. The molecule has 3 N–H and O–H groups in total. The first kappa shape index (κ1) is 11.9. The van der Waals surface area contributed by atoms with Crippen molar-refractivity contribution in [3.8, 4) is 0 Å². The van der Waals surface area contributed by atoms with E-state index in [1.165, 1.54) is 12.1 Å². The number of carbonyl (C=O) groups excluding carboxylic acids is 2. The molecule has 0 radical (unpaired) electrons. The van der Waals surface area contributed by atoms with Crippen LogP contribution in [-0.4, -0.2) is 16.9 Å². The normalized spacial score (nSPS) is 9.56. The number of rotatable bonds is 2. The fourth-order valence-corrected chi connectivity index (χ4v) is 1.32. The fourth-order valence-electron chi connectivity index (χ4n) is 1.06. The van der Waals surface area contributed by atoms with E-state index >= 15 is 0 Å². The zero-order chi connectivity index (χ0) is 12.3. The van der Waals surface area contributed by atoms with E-state index in [1.807, 2.05) is 0 Å². The monoisotopic (exact) mass is 243 g/mol. The van der Waals surface area contributed by atoms with Crippen molar-refractivity contribution in [3.63, 3.8) is 0 Å². The molecule has 84 valence electrons. The van der Waals surface area contributed by atoms with Crippen molar-refractivity contribution in [2.75, 3.05) is 0 Å². The lowest BCUT2D eigenvalue weighted by Crippen LogP contribution is -2.35. The molecule has 1 rings (SSSR count). The number of imide groups is 1. The van der Waals surface area contributed by atoms with Gasteiger partial charge in [-0.2, -0.15) is 0 Å². The van der Waals surface area contributed by atoms with E-state index in [9.17, 15) is 19.7 Å². The summed E-state index contributed by atoms with van der Waals surface area (Å²) in [6, 6.07) is 2.60. The lowest BCUT2D eigenvalue weighted by atomic mass is 10.1. The van der Waals surface area contributed by atoms with Crippen molar-refractivity contribution in [2.24, 2.45) is 5.73 Å². The van der Waals surface area contributed by atoms with Gasteiger partial charge in [-0.15, -0.1) is 0 Å². The Hall–Kier alpha value is -2.15. The highest BCUT2D eigenvalue weighted by molar-refractivity contribution is 6.34. The number of nitrogens with zero attached hydrogens (tertiary/aromatic N) is 1. The van der Waals surface area contributed by atoms with Crippen LogP contribution in [0.3, 0.4) is 0 Å². The summed E-state index contributed by atoms with van der Waals surface area (Å²) in [5.74, 6) is -1.01. The Balaban J connectivity index is 3.25. The summed E-state index contributed by atoms with van der Waals surface area (Å²) in [7, 11) is 0. The van der Waals surface area contributed by atoms with Crippen LogP contribution in [0, 0.1) is 10.1 Å². The molecule has 0 atom stereocenters. The van der Waals surface area contributed by atoms with Gasteiger partial charge in [0.15, 0.2) is 0 Å². The van der Waals surface area contributed by atoms with E-state index < -0.39 is 28.1 Å². The van der Waals surface area contributed by atoms with Crippen molar-refractivity contribution in [1.29, 1.82) is 0 Å². The summed E-state index contributed by atoms with van der Waals surface area (Å²) >= 11 is 5.63. The number of hydrogen-bond acceptors (Lipinski definition) is 4. The average Bonchev–Trinajstić information content (AvgIpc) is 2.15. The van der Waals surface area contributed by atoms with Gasteiger partial charge in [0.1, 0.15) is 5.56 Å². The molecule has 0 aliphatic carbocycles. The Kier molecular flexibility index (Phi) is 3.41. The Morgan fingerprint density at radius 1 is 1.44 bits per heavy atom. The maximum atomic E-state index is 11.4. The summed E-state index contributed by atoms with van der Waals surface area (Å²) in [4.78, 5) is 31.7. The molecule has 0 aliphatic heterocycles. The summed E-state index contributed by atoms with van der Waals surface area (Å²) in [5, 5.41) is 12.2. The van der Waals surface area contributed by atoms with E-state index in [2.05, 4.69) is 0 Å². The Labute approximate surface area is 94.3 Å². The van der Waals surface area contributed by atoms with Crippen molar-refractivity contribution in [1.82, 2.24) is 5.32 Å². The molecule has 0 saturated carbocycles. The SMILES string of the molecule is NC(=O)NC(=O)c1c(Cl)cccc1[N+](=O)[O-]. The minimum Gasteiger partial charge on any atom is -0.351 e. The van der Waals surface area contributed by atoms with Gasteiger partial charge < -0.3 is 5.73 Å². The van der Waals surface area contributed by atoms with Crippen molar-refractivity contribution in [3.05, 3.63) is 38.9 Å². The molecule has 0 saturated heterocycles. The van der Waals surface area contributed by atoms with Crippen LogP contribution in [0.2, 0.25) is 5.02 Å². The average molecular weight is 244 g/mol. The molecule has 0 heterocycles. The van der Waals surface area contributed by atoms with Crippen LogP contribution in [0.25, 0.3) is 0 Å². The maximum absolute atomic E-state index is 11.4. The van der Waals surface area contributed by atoms with Crippen molar-refractivity contribution >= 4 is 29.2 Å². The second kappa shape index (κ2) is 4.58. The fraction of sp³-hybridized carbons (Fsp3) is 0. The highest BCUT2D eigenvalue weighted by atomic mass is 35.5. The van der Waals surface area contributed by atoms with Gasteiger partial charge in [0, 0.05) is 6.07 Å². The Bertz CT molecular complexity index is 474. The van der Waals surface area contributed by atoms with Gasteiger partial charge in [0.05, 0.1) is 9.95 Å². The van der Waals surface area contributed by atoms with Gasteiger partial charge in [0.25, 0.3) is 11.6 Å². The van der Waals surface area contributed by atoms with Crippen LogP contribution in [0.15, 0.2) is 18.2 Å². The minimum atomic E-state index is -1.11. The largest absolute Gasteiger partial charge is 0.351 e. The molecule has 0 aliphatic rings. The third kappa shape index (κ3) is 2.45. The zero-order valence-corrected chi connectivity index (χ0v) is 8.52. The van der Waals surface area contributed by atoms with E-state index in [1.54, 1.807) is 5.32 Å². The van der Waals surface area contributed by atoms with Crippen LogP contribution in [0.1, 0.15) is 10.4 Å². The number of halogens is 1. The van der Waals surface area contributed by atoms with E-state index in [4.69, 9.17) is 17.3 Å². The number of carbonyl (C=O) groups is 2. The highest BCUT2D eigenvalue weighted by Crippen LogP contribution is 2.25. The third-order valence-corrected chi connectivity index (χ3v) is 1.97. The lowest BCUT2D eigenvalue weighted by Gasteiger charge is -2.03. The van der Waals surface area contributed by atoms with Gasteiger partial charge in [-0.05, 0) is 6.07 Å². The summed E-state index contributed by atoms with van der Waals surface area (Å²) in [6.45, 7) is 0. The van der Waals surface area contributed by atoms with Gasteiger partial charge in [-0.3, -0.25) is 20.2 Å². The number of benzene rings is 1. The van der Waals surface area contributed by atoms with E-state index in [0.29, 0.717) is 0 Å². The number of hydrogen-bond donors (Lipinski definition) is 2. The Morgan fingerprint density at radius 3 is 2.56 bits per heavy atom. The molecule has 1 aromatic carbocycles. The molecule has 0 fully saturated rings. The molecule has 0 bridgehead atoms. The second-order valence-electron chi connectivity index (χ2n) is 2.71. The van der Waals surface area contributed by atoms with E-state index in [-0.39, 0.29) is 5.02 Å². The van der Waals surface area contributed by atoms with Crippen LogP contribution in [0.4, 0.5) is 10.5 Å². The summed E-state index contributed by atoms with van der Waals surface area (Å²) in [5.41, 5.74) is 3.83. The maximum Gasteiger partial charge on any atom is 0.319 e. The van der Waals surface area contributed by atoms with Crippen molar-refractivity contribution < 1.29 is 14.5 Å².